The van der Waals surface area contributed by atoms with Crippen LogP contribution in [-0.2, 0) is 20.7 Å². The number of hydrogen-bond donors (Lipinski definition) is 7. The van der Waals surface area contributed by atoms with E-state index in [1.54, 1.807) is 6.08 Å². The first-order valence-corrected chi connectivity index (χ1v) is 15.4. The fourth-order valence-electron chi connectivity index (χ4n) is 7.53. The molecule has 5 heterocycles. The molecule has 0 saturated carbocycles. The third-order valence-electron chi connectivity index (χ3n) is 9.89. The lowest BCUT2D eigenvalue weighted by atomic mass is 9.80. The van der Waals surface area contributed by atoms with E-state index in [-0.39, 0.29) is 18.3 Å². The van der Waals surface area contributed by atoms with Gasteiger partial charge < -0.3 is 40.3 Å². The number of carboxylic acid groups (broad SMARTS) is 1. The molecule has 1 unspecified atom stereocenters. The van der Waals surface area contributed by atoms with Crippen molar-refractivity contribution in [2.75, 3.05) is 6.79 Å². The van der Waals surface area contributed by atoms with Crippen molar-refractivity contribution in [1.29, 1.82) is 0 Å². The number of H-pyrrole nitrogens is 3. The molecule has 4 atom stereocenters. The second-order valence-electron chi connectivity index (χ2n) is 12.2. The van der Waals surface area contributed by atoms with Gasteiger partial charge >= 0.3 is 11.9 Å². The lowest BCUT2D eigenvalue weighted by Crippen LogP contribution is -2.38. The average molecular weight is 627 g/mol. The lowest BCUT2D eigenvalue weighted by Gasteiger charge is -2.25. The van der Waals surface area contributed by atoms with Crippen LogP contribution in [-0.4, -0.2) is 60.8 Å². The summed E-state index contributed by atoms with van der Waals surface area (Å²) in [6, 6.07) is -0.583. The lowest BCUT2D eigenvalue weighted by molar-refractivity contribution is -0.153. The Balaban J connectivity index is 1.74. The molecule has 3 aliphatic rings. The van der Waals surface area contributed by atoms with Crippen LogP contribution in [0.15, 0.2) is 12.3 Å². The predicted octanol–water partition coefficient (Wildman–Crippen LogP) is 1.35. The SMILES string of the molecule is C=Cc1c2[nH]c(c1C)/C=C1\NC(C3=c4[nH]/c(c(C)c4C(=O)[C@@H]3C(=O)OCO)=C\c3[nH]c(/c(=C\O)c3CC)=C\2)[C@@H](CCC(=O)O)[C@@H]1C. The molecule has 0 amide bonds. The van der Waals surface area contributed by atoms with Gasteiger partial charge in [-0.05, 0) is 73.1 Å². The van der Waals surface area contributed by atoms with Gasteiger partial charge in [0.1, 0.15) is 5.92 Å². The third-order valence-corrected chi connectivity index (χ3v) is 9.89. The summed E-state index contributed by atoms with van der Waals surface area (Å²) in [4.78, 5) is 49.5. The molecule has 240 valence electrons. The highest BCUT2D eigenvalue weighted by Crippen LogP contribution is 2.42. The monoisotopic (exact) mass is 626 g/mol. The van der Waals surface area contributed by atoms with Crippen molar-refractivity contribution in [3.63, 3.8) is 0 Å². The Kier molecular flexibility index (Phi) is 7.89. The number of ether oxygens (including phenoxy) is 1. The van der Waals surface area contributed by atoms with Gasteiger partial charge in [0, 0.05) is 56.8 Å². The normalized spacial score (nSPS) is 24.5. The van der Waals surface area contributed by atoms with Crippen LogP contribution < -0.4 is 26.6 Å². The number of ketones is 1. The Bertz CT molecular complexity index is 2090. The van der Waals surface area contributed by atoms with E-state index in [1.807, 2.05) is 45.9 Å². The number of carboxylic acids is 1. The van der Waals surface area contributed by atoms with Crippen molar-refractivity contribution in [1.82, 2.24) is 20.3 Å². The molecule has 46 heavy (non-hydrogen) atoms. The molecule has 2 aliphatic heterocycles. The van der Waals surface area contributed by atoms with Gasteiger partial charge in [-0.15, -0.1) is 0 Å². The summed E-state index contributed by atoms with van der Waals surface area (Å²) in [7, 11) is 0. The van der Waals surface area contributed by atoms with Crippen molar-refractivity contribution < 1.29 is 34.4 Å². The van der Waals surface area contributed by atoms with Crippen LogP contribution >= 0.6 is 0 Å². The van der Waals surface area contributed by atoms with E-state index in [0.29, 0.717) is 50.8 Å². The molecule has 1 saturated heterocycles. The molecular weight excluding hydrogens is 588 g/mol. The molecule has 1 fully saturated rings. The number of carbonyl (C=O) groups is 3. The molecule has 11 heteroatoms. The number of hydrogen-bond acceptors (Lipinski definition) is 7. The maximum Gasteiger partial charge on any atom is 0.323 e. The van der Waals surface area contributed by atoms with E-state index < -0.39 is 36.5 Å². The van der Waals surface area contributed by atoms with E-state index in [0.717, 1.165) is 45.7 Å². The number of fused-ring (bicyclic) bond motifs is 8. The smallest absolute Gasteiger partial charge is 0.323 e. The summed E-state index contributed by atoms with van der Waals surface area (Å²) in [5.41, 5.74) is 7.34. The van der Waals surface area contributed by atoms with Crippen LogP contribution in [0.25, 0.3) is 36.1 Å². The Labute approximate surface area is 264 Å². The van der Waals surface area contributed by atoms with Gasteiger partial charge in [0.05, 0.1) is 23.0 Å². The first-order chi connectivity index (χ1) is 22.0. The largest absolute Gasteiger partial charge is 0.515 e. The number of aliphatic hydroxyl groups excluding tert-OH is 2. The fourth-order valence-corrected chi connectivity index (χ4v) is 7.53. The number of aromatic amines is 3. The molecule has 3 aromatic rings. The van der Waals surface area contributed by atoms with Crippen LogP contribution in [0.5, 0.6) is 0 Å². The van der Waals surface area contributed by atoms with Crippen molar-refractivity contribution in [2.24, 2.45) is 17.8 Å². The third kappa shape index (κ3) is 4.73. The number of esters is 1. The maximum atomic E-state index is 14.1. The number of aromatic nitrogens is 3. The highest BCUT2D eigenvalue weighted by atomic mass is 16.6. The maximum absolute atomic E-state index is 14.1. The molecule has 8 bridgehead atoms. The first kappa shape index (κ1) is 31.0. The van der Waals surface area contributed by atoms with Crippen molar-refractivity contribution in [2.45, 2.75) is 53.0 Å². The van der Waals surface area contributed by atoms with Crippen LogP contribution in [0.3, 0.4) is 0 Å². The van der Waals surface area contributed by atoms with Gasteiger partial charge in [-0.1, -0.05) is 26.5 Å². The standard InChI is InChI=1S/C35H38N4O7/c1-6-18-15(3)22-10-23-16(4)20(8-9-28(42)43)32(38-23)30-31(35(45)46-14-41)34(44)29-17(5)24(39-33(29)30)11-26-19(7-2)21(13-40)27(37-26)12-25(18)36-22/h6,10-13,16,20,31-32,36-41H,1,7-9,14H2,2-5H3,(H,42,43)/b21-13-,23-10-,24-11-,27-12-/t16-,20-,31+,32?/m0/s1. The fraction of sp³-hybridized carbons (Fsp3) is 0.343. The second kappa shape index (κ2) is 11.7. The van der Waals surface area contributed by atoms with Crippen LogP contribution in [0.4, 0.5) is 0 Å². The number of aliphatic carboxylic acids is 1. The first-order valence-electron chi connectivity index (χ1n) is 15.4. The second-order valence-corrected chi connectivity index (χ2v) is 12.2. The summed E-state index contributed by atoms with van der Waals surface area (Å²) >= 11 is 0. The minimum absolute atomic E-state index is 0.0940. The van der Waals surface area contributed by atoms with Crippen molar-refractivity contribution >= 4 is 53.9 Å². The van der Waals surface area contributed by atoms with Gasteiger partial charge in [0.25, 0.3) is 0 Å². The number of carbonyl (C=O) groups excluding carboxylic acids is 2. The van der Waals surface area contributed by atoms with Crippen LogP contribution in [0, 0.1) is 31.6 Å². The van der Waals surface area contributed by atoms with E-state index >= 15 is 0 Å². The van der Waals surface area contributed by atoms with Gasteiger partial charge in [0.15, 0.2) is 12.6 Å². The van der Waals surface area contributed by atoms with Gasteiger partial charge in [-0.25, -0.2) is 0 Å². The van der Waals surface area contributed by atoms with Crippen LogP contribution in [0.1, 0.15) is 76.4 Å². The molecule has 7 N–H and O–H groups in total. The van der Waals surface area contributed by atoms with Crippen molar-refractivity contribution in [3.8, 4) is 0 Å². The number of aliphatic hydroxyl groups is 2. The molecule has 0 spiro atoms. The summed E-state index contributed by atoms with van der Waals surface area (Å²) in [6.45, 7) is 11.0. The predicted molar refractivity (Wildman–Crippen MR) is 173 cm³/mol. The molecular formula is C35H38N4O7. The van der Waals surface area contributed by atoms with Gasteiger partial charge in [-0.3, -0.25) is 14.4 Å². The van der Waals surface area contributed by atoms with E-state index in [2.05, 4.69) is 26.8 Å². The topological polar surface area (TPSA) is 181 Å². The zero-order chi connectivity index (χ0) is 33.0. The summed E-state index contributed by atoms with van der Waals surface area (Å²) in [5.74, 6) is -4.01. The summed E-state index contributed by atoms with van der Waals surface area (Å²) in [6.07, 6.45) is 9.50. The van der Waals surface area contributed by atoms with Crippen LogP contribution in [0.2, 0.25) is 0 Å². The van der Waals surface area contributed by atoms with E-state index in [1.165, 1.54) is 0 Å². The minimum atomic E-state index is -1.31. The molecule has 11 nitrogen and oxygen atoms in total. The zero-order valence-corrected chi connectivity index (χ0v) is 26.2. The summed E-state index contributed by atoms with van der Waals surface area (Å²) in [5, 5.41) is 35.5. The highest BCUT2D eigenvalue weighted by molar-refractivity contribution is 6.19. The zero-order valence-electron chi connectivity index (χ0n) is 26.2. The van der Waals surface area contributed by atoms with Gasteiger partial charge in [0.2, 0.25) is 0 Å². The molecule has 0 aromatic carbocycles. The summed E-state index contributed by atoms with van der Waals surface area (Å²) < 4.78 is 5.00. The average Bonchev–Trinajstić information content (AvgIpc) is 3.76. The number of Topliss-reactive ketones (excluding diaryl/α,β-unsaturated/α-hetero) is 1. The Morgan fingerprint density at radius 1 is 1.04 bits per heavy atom. The number of nitrogens with one attached hydrogen (secondary N) is 4. The number of allylic oxidation sites excluding steroid dienone is 1. The van der Waals surface area contributed by atoms with Gasteiger partial charge in [-0.2, -0.15) is 0 Å². The number of rotatable bonds is 7. The molecule has 6 rings (SSSR count). The van der Waals surface area contributed by atoms with Crippen molar-refractivity contribution in [3.05, 3.63) is 78.4 Å². The molecule has 3 aromatic heterocycles. The van der Waals surface area contributed by atoms with E-state index in [4.69, 9.17) is 4.74 Å². The Morgan fingerprint density at radius 2 is 1.78 bits per heavy atom. The quantitative estimate of drug-likeness (QED) is 0.117. The minimum Gasteiger partial charge on any atom is -0.515 e. The Hall–Kier alpha value is -5.03. The molecule has 1 aliphatic carbocycles. The highest BCUT2D eigenvalue weighted by Gasteiger charge is 2.49. The molecule has 0 radical (unpaired) electrons. The van der Waals surface area contributed by atoms with E-state index in [9.17, 15) is 29.7 Å². The Morgan fingerprint density at radius 3 is 2.43 bits per heavy atom.